The molecule has 0 aliphatic carbocycles. The van der Waals surface area contributed by atoms with Crippen LogP contribution in [0.25, 0.3) is 0 Å². The van der Waals surface area contributed by atoms with Gasteiger partial charge in [-0.1, -0.05) is 0 Å². The molecule has 0 atom stereocenters. The number of hydrogen-bond donors (Lipinski definition) is 4. The van der Waals surface area contributed by atoms with Gasteiger partial charge < -0.3 is 22.3 Å². The molecule has 0 unspecified atom stereocenters. The van der Waals surface area contributed by atoms with Crippen molar-refractivity contribution in [2.45, 2.75) is 13.5 Å². The molecular formula is C15H20N4O2. The average Bonchev–Trinajstić information content (AvgIpc) is 2.45. The molecule has 0 saturated heterocycles. The molecule has 0 spiro atoms. The summed E-state index contributed by atoms with van der Waals surface area (Å²) in [4.78, 5) is 5.61. The Morgan fingerprint density at radius 1 is 1.05 bits per heavy atom. The van der Waals surface area contributed by atoms with Crippen molar-refractivity contribution in [3.05, 3.63) is 42.0 Å². The van der Waals surface area contributed by atoms with Crippen LogP contribution in [0.5, 0.6) is 5.75 Å². The second kappa shape index (κ2) is 6.23. The number of hydrogen-bond acceptors (Lipinski definition) is 6. The Kier molecular flexibility index (Phi) is 4.39. The van der Waals surface area contributed by atoms with E-state index in [0.29, 0.717) is 35.9 Å². The molecule has 0 heterocycles. The van der Waals surface area contributed by atoms with Crippen LogP contribution in [0.3, 0.4) is 0 Å². The van der Waals surface area contributed by atoms with Gasteiger partial charge in [0.05, 0.1) is 24.5 Å². The van der Waals surface area contributed by atoms with Crippen LogP contribution in [0, 0.1) is 0 Å². The zero-order valence-electron chi connectivity index (χ0n) is 11.9. The predicted octanol–water partition coefficient (Wildman–Crippen LogP) is 2.10. The minimum absolute atomic E-state index is 0.0118. The molecule has 21 heavy (non-hydrogen) atoms. The van der Waals surface area contributed by atoms with E-state index in [1.54, 1.807) is 41.5 Å². The first-order valence-electron chi connectivity index (χ1n) is 6.64. The van der Waals surface area contributed by atoms with Crippen molar-refractivity contribution in [3.8, 4) is 5.75 Å². The second-order valence-corrected chi connectivity index (χ2v) is 4.66. The number of aromatic hydroxyl groups is 1. The number of nitrogens with two attached hydrogens (primary N) is 3. The molecular weight excluding hydrogens is 268 g/mol. The molecule has 2 aromatic carbocycles. The highest BCUT2D eigenvalue weighted by Gasteiger charge is 2.12. The lowest BCUT2D eigenvalue weighted by Crippen LogP contribution is -2.23. The quantitative estimate of drug-likeness (QED) is 0.381. The van der Waals surface area contributed by atoms with Crippen molar-refractivity contribution in [1.29, 1.82) is 0 Å². The fourth-order valence-corrected chi connectivity index (χ4v) is 1.97. The van der Waals surface area contributed by atoms with Crippen LogP contribution < -0.4 is 22.3 Å². The highest BCUT2D eigenvalue weighted by molar-refractivity contribution is 5.62. The van der Waals surface area contributed by atoms with Gasteiger partial charge in [-0.15, -0.1) is 0 Å². The van der Waals surface area contributed by atoms with Crippen LogP contribution >= 0.6 is 0 Å². The summed E-state index contributed by atoms with van der Waals surface area (Å²) >= 11 is 0. The van der Waals surface area contributed by atoms with Crippen LogP contribution in [0.15, 0.2) is 36.4 Å². The number of rotatable bonds is 5. The van der Waals surface area contributed by atoms with Crippen molar-refractivity contribution in [3.63, 3.8) is 0 Å². The first-order valence-corrected chi connectivity index (χ1v) is 6.64. The number of anilines is 4. The van der Waals surface area contributed by atoms with Crippen molar-refractivity contribution in [2.75, 3.05) is 28.9 Å². The van der Waals surface area contributed by atoms with Crippen LogP contribution in [0.1, 0.15) is 12.5 Å². The normalized spacial score (nSPS) is 10.5. The summed E-state index contributed by atoms with van der Waals surface area (Å²) in [5, 5.41) is 11.4. The lowest BCUT2D eigenvalue weighted by molar-refractivity contribution is 0.116. The molecule has 0 aromatic heterocycles. The van der Waals surface area contributed by atoms with Crippen molar-refractivity contribution >= 4 is 22.7 Å². The van der Waals surface area contributed by atoms with Gasteiger partial charge in [-0.2, -0.15) is 0 Å². The average molecular weight is 288 g/mol. The van der Waals surface area contributed by atoms with E-state index in [1.807, 2.05) is 6.92 Å². The van der Waals surface area contributed by atoms with Crippen LogP contribution in [-0.4, -0.2) is 11.7 Å². The largest absolute Gasteiger partial charge is 0.506 e. The molecule has 2 aromatic rings. The molecule has 6 nitrogen and oxygen atoms in total. The third-order valence-corrected chi connectivity index (χ3v) is 3.07. The van der Waals surface area contributed by atoms with Gasteiger partial charge in [-0.25, -0.2) is 5.06 Å². The number of hydroxylamine groups is 1. The lowest BCUT2D eigenvalue weighted by Gasteiger charge is -2.24. The summed E-state index contributed by atoms with van der Waals surface area (Å²) in [5.41, 5.74) is 20.5. The summed E-state index contributed by atoms with van der Waals surface area (Å²) in [6.07, 6.45) is 0. The van der Waals surface area contributed by atoms with Gasteiger partial charge in [0, 0.05) is 17.4 Å². The Hall–Kier alpha value is -2.60. The molecule has 112 valence electrons. The molecule has 7 N–H and O–H groups in total. The maximum atomic E-state index is 9.73. The molecule has 6 heteroatoms. The van der Waals surface area contributed by atoms with Gasteiger partial charge in [-0.05, 0) is 42.8 Å². The minimum Gasteiger partial charge on any atom is -0.506 e. The van der Waals surface area contributed by atoms with Gasteiger partial charge in [0.15, 0.2) is 0 Å². The predicted molar refractivity (Wildman–Crippen MR) is 85.6 cm³/mol. The van der Waals surface area contributed by atoms with Crippen LogP contribution in [0.4, 0.5) is 22.7 Å². The van der Waals surface area contributed by atoms with E-state index >= 15 is 0 Å². The second-order valence-electron chi connectivity index (χ2n) is 4.66. The molecule has 0 bridgehead atoms. The number of benzene rings is 2. The first kappa shape index (κ1) is 14.8. The Bertz CT molecular complexity index is 631. The number of phenolic OH excluding ortho intramolecular Hbond substituents is 1. The first-order chi connectivity index (χ1) is 10.0. The van der Waals surface area contributed by atoms with E-state index in [4.69, 9.17) is 22.0 Å². The Balaban J connectivity index is 2.30. The highest BCUT2D eigenvalue weighted by atomic mass is 16.7. The molecule has 0 aliphatic heterocycles. The monoisotopic (exact) mass is 288 g/mol. The minimum atomic E-state index is 0.0118. The van der Waals surface area contributed by atoms with Crippen molar-refractivity contribution in [1.82, 2.24) is 0 Å². The van der Waals surface area contributed by atoms with Gasteiger partial charge in [0.25, 0.3) is 0 Å². The summed E-state index contributed by atoms with van der Waals surface area (Å²) in [5.74, 6) is 0.0118. The van der Waals surface area contributed by atoms with E-state index in [-0.39, 0.29) is 5.75 Å². The summed E-state index contributed by atoms with van der Waals surface area (Å²) in [6, 6.07) is 10.3. The van der Waals surface area contributed by atoms with E-state index < -0.39 is 0 Å². The zero-order chi connectivity index (χ0) is 15.4. The maximum absolute atomic E-state index is 9.73. The van der Waals surface area contributed by atoms with Crippen LogP contribution in [-0.2, 0) is 11.4 Å². The third-order valence-electron chi connectivity index (χ3n) is 3.07. The number of nitrogen functional groups attached to an aromatic ring is 3. The van der Waals surface area contributed by atoms with E-state index in [9.17, 15) is 5.11 Å². The van der Waals surface area contributed by atoms with E-state index in [1.165, 1.54) is 0 Å². The topological polar surface area (TPSA) is 111 Å². The van der Waals surface area contributed by atoms with Gasteiger partial charge in [0.2, 0.25) is 0 Å². The maximum Gasteiger partial charge on any atom is 0.140 e. The van der Waals surface area contributed by atoms with Gasteiger partial charge in [-0.3, -0.25) is 4.84 Å². The third kappa shape index (κ3) is 3.49. The summed E-state index contributed by atoms with van der Waals surface area (Å²) in [7, 11) is 0. The molecule has 0 amide bonds. The molecule has 0 radical (unpaired) electrons. The van der Waals surface area contributed by atoms with Crippen molar-refractivity contribution in [2.24, 2.45) is 0 Å². The zero-order valence-corrected chi connectivity index (χ0v) is 11.9. The standard InChI is InChI=1S/C15H20N4O2/c1-2-21-19(12-4-6-14(18)15(20)8-12)9-10-7-11(16)3-5-13(10)17/h3-8,20H,2,9,16-18H2,1H3. The van der Waals surface area contributed by atoms with Crippen LogP contribution in [0.2, 0.25) is 0 Å². The molecule has 2 rings (SSSR count). The number of nitrogens with zero attached hydrogens (tertiary/aromatic N) is 1. The fraction of sp³-hybridized carbons (Fsp3) is 0.200. The Morgan fingerprint density at radius 2 is 1.76 bits per heavy atom. The summed E-state index contributed by atoms with van der Waals surface area (Å²) < 4.78 is 0. The molecule has 0 aliphatic rings. The van der Waals surface area contributed by atoms with Gasteiger partial charge >= 0.3 is 0 Å². The Morgan fingerprint density at radius 3 is 2.43 bits per heavy atom. The molecule has 0 fully saturated rings. The smallest absolute Gasteiger partial charge is 0.140 e. The highest BCUT2D eigenvalue weighted by Crippen LogP contribution is 2.28. The Labute approximate surface area is 123 Å². The van der Waals surface area contributed by atoms with E-state index in [2.05, 4.69) is 0 Å². The van der Waals surface area contributed by atoms with E-state index in [0.717, 1.165) is 5.56 Å². The van der Waals surface area contributed by atoms with Crippen molar-refractivity contribution < 1.29 is 9.94 Å². The summed E-state index contributed by atoms with van der Waals surface area (Å²) in [6.45, 7) is 2.77. The van der Waals surface area contributed by atoms with Gasteiger partial charge in [0.1, 0.15) is 5.75 Å². The number of phenols is 1. The fourth-order valence-electron chi connectivity index (χ4n) is 1.97. The molecule has 0 saturated carbocycles. The SMILES string of the molecule is CCON(Cc1cc(N)ccc1N)c1ccc(N)c(O)c1. The lowest BCUT2D eigenvalue weighted by atomic mass is 10.1.